The van der Waals surface area contributed by atoms with Gasteiger partial charge >= 0.3 is 0 Å². The largest absolute Gasteiger partial charge is 0.493 e. The van der Waals surface area contributed by atoms with Crippen molar-refractivity contribution in [1.82, 2.24) is 9.78 Å². The number of rotatable bonds is 4. The van der Waals surface area contributed by atoms with Gasteiger partial charge in [-0.3, -0.25) is 4.68 Å². The Morgan fingerprint density at radius 1 is 1.69 bits per heavy atom. The van der Waals surface area contributed by atoms with Crippen LogP contribution in [-0.2, 0) is 18.3 Å². The van der Waals surface area contributed by atoms with Gasteiger partial charge in [-0.25, -0.2) is 0 Å². The Hall–Kier alpha value is -1.32. The van der Waals surface area contributed by atoms with Crippen molar-refractivity contribution in [3.8, 4) is 5.75 Å². The van der Waals surface area contributed by atoms with Crippen LogP contribution in [0, 0.1) is 0 Å². The number of aryl methyl sites for hydroxylation is 1. The van der Waals surface area contributed by atoms with E-state index in [0.717, 1.165) is 11.4 Å². The highest BCUT2D eigenvalue weighted by atomic mass is 16.5. The Labute approximate surface area is 77.5 Å². The molecule has 72 valence electrons. The summed E-state index contributed by atoms with van der Waals surface area (Å²) in [6.45, 7) is 1.59. The summed E-state index contributed by atoms with van der Waals surface area (Å²) in [5.74, 6) is 0.937. The molecule has 1 heterocycles. The smallest absolute Gasteiger partial charge is 0.159 e. The van der Waals surface area contributed by atoms with E-state index in [1.807, 2.05) is 7.05 Å². The number of hydrogen-bond acceptors (Lipinski definition) is 3. The summed E-state index contributed by atoms with van der Waals surface area (Å²) < 4.78 is 6.84. The molecule has 1 aromatic heterocycles. The maximum absolute atomic E-state index is 10.8. The topological polar surface area (TPSA) is 44.1 Å². The standard InChI is InChI=1S/C9H14N2O2/c1-7(12)4-5-8-9(13-3)6-10-11(8)2/h6H,4-5H2,1-3H3. The summed E-state index contributed by atoms with van der Waals surface area (Å²) in [5, 5.41) is 4.05. The predicted molar refractivity (Wildman–Crippen MR) is 48.8 cm³/mol. The minimum atomic E-state index is 0.184. The molecule has 4 heteroatoms. The predicted octanol–water partition coefficient (Wildman–Crippen LogP) is 0.950. The van der Waals surface area contributed by atoms with Crippen LogP contribution >= 0.6 is 0 Å². The molecular formula is C9H14N2O2. The highest BCUT2D eigenvalue weighted by molar-refractivity contribution is 5.75. The Bertz CT molecular complexity index is 305. The molecule has 0 saturated carbocycles. The van der Waals surface area contributed by atoms with E-state index in [1.54, 1.807) is 24.9 Å². The molecule has 0 atom stereocenters. The molecule has 0 saturated heterocycles. The molecule has 0 unspecified atom stereocenters. The first-order valence-corrected chi connectivity index (χ1v) is 4.19. The Morgan fingerprint density at radius 2 is 2.38 bits per heavy atom. The van der Waals surface area contributed by atoms with E-state index in [0.29, 0.717) is 12.8 Å². The molecule has 0 aliphatic rings. The number of Topliss-reactive ketones (excluding diaryl/α,β-unsaturated/α-hetero) is 1. The van der Waals surface area contributed by atoms with E-state index in [1.165, 1.54) is 0 Å². The third-order valence-corrected chi connectivity index (χ3v) is 1.96. The van der Waals surface area contributed by atoms with Crippen LogP contribution in [0.25, 0.3) is 0 Å². The monoisotopic (exact) mass is 182 g/mol. The SMILES string of the molecule is COc1cnn(C)c1CCC(C)=O. The summed E-state index contributed by atoms with van der Waals surface area (Å²) in [7, 11) is 3.45. The summed E-state index contributed by atoms with van der Waals surface area (Å²) in [6.07, 6.45) is 2.89. The van der Waals surface area contributed by atoms with Crippen molar-refractivity contribution in [2.24, 2.45) is 7.05 Å². The first-order valence-electron chi connectivity index (χ1n) is 4.19. The fourth-order valence-electron chi connectivity index (χ4n) is 1.19. The van der Waals surface area contributed by atoms with Gasteiger partial charge in [-0.2, -0.15) is 5.10 Å². The van der Waals surface area contributed by atoms with Gasteiger partial charge in [0, 0.05) is 13.5 Å². The van der Waals surface area contributed by atoms with E-state index in [9.17, 15) is 4.79 Å². The number of ether oxygens (including phenoxy) is 1. The molecule has 4 nitrogen and oxygen atoms in total. The Kier molecular flexibility index (Phi) is 3.06. The van der Waals surface area contributed by atoms with Gasteiger partial charge < -0.3 is 9.53 Å². The number of hydrogen-bond donors (Lipinski definition) is 0. The van der Waals surface area contributed by atoms with Crippen LogP contribution in [-0.4, -0.2) is 22.7 Å². The second-order valence-corrected chi connectivity index (χ2v) is 2.99. The lowest BCUT2D eigenvalue weighted by molar-refractivity contribution is -0.117. The van der Waals surface area contributed by atoms with Gasteiger partial charge in [0.1, 0.15) is 5.78 Å². The molecule has 13 heavy (non-hydrogen) atoms. The van der Waals surface area contributed by atoms with Crippen molar-refractivity contribution in [3.05, 3.63) is 11.9 Å². The first kappa shape index (κ1) is 9.77. The summed E-state index contributed by atoms with van der Waals surface area (Å²) in [5.41, 5.74) is 0.970. The molecule has 1 rings (SSSR count). The third kappa shape index (κ3) is 2.31. The van der Waals surface area contributed by atoms with Crippen molar-refractivity contribution in [1.29, 1.82) is 0 Å². The fraction of sp³-hybridized carbons (Fsp3) is 0.556. The van der Waals surface area contributed by atoms with Gasteiger partial charge in [0.15, 0.2) is 5.75 Å². The van der Waals surface area contributed by atoms with E-state index < -0.39 is 0 Å². The summed E-state index contributed by atoms with van der Waals surface area (Å²) >= 11 is 0. The quantitative estimate of drug-likeness (QED) is 0.696. The third-order valence-electron chi connectivity index (χ3n) is 1.96. The van der Waals surface area contributed by atoms with Crippen molar-refractivity contribution in [3.63, 3.8) is 0 Å². The number of carbonyl (C=O) groups excluding carboxylic acids is 1. The van der Waals surface area contributed by atoms with Gasteiger partial charge in [-0.15, -0.1) is 0 Å². The molecule has 0 radical (unpaired) electrons. The van der Waals surface area contributed by atoms with E-state index >= 15 is 0 Å². The van der Waals surface area contributed by atoms with Crippen molar-refractivity contribution in [2.75, 3.05) is 7.11 Å². The van der Waals surface area contributed by atoms with Crippen LogP contribution in [0.15, 0.2) is 6.20 Å². The molecule has 0 aliphatic heterocycles. The van der Waals surface area contributed by atoms with Crippen LogP contribution < -0.4 is 4.74 Å². The highest BCUT2D eigenvalue weighted by Gasteiger charge is 2.08. The molecule has 0 aliphatic carbocycles. The lowest BCUT2D eigenvalue weighted by Crippen LogP contribution is -2.02. The zero-order chi connectivity index (χ0) is 9.84. The van der Waals surface area contributed by atoms with Crippen LogP contribution in [0.2, 0.25) is 0 Å². The molecular weight excluding hydrogens is 168 g/mol. The lowest BCUT2D eigenvalue weighted by atomic mass is 10.2. The molecule has 1 aromatic rings. The molecule has 0 fully saturated rings. The van der Waals surface area contributed by atoms with Gasteiger partial charge in [0.05, 0.1) is 19.0 Å². The zero-order valence-electron chi connectivity index (χ0n) is 8.20. The second kappa shape index (κ2) is 4.07. The average Bonchev–Trinajstić information content (AvgIpc) is 2.43. The van der Waals surface area contributed by atoms with Crippen LogP contribution in [0.4, 0.5) is 0 Å². The summed E-state index contributed by atoms with van der Waals surface area (Å²) in [4.78, 5) is 10.8. The molecule has 0 spiro atoms. The zero-order valence-corrected chi connectivity index (χ0v) is 8.20. The van der Waals surface area contributed by atoms with E-state index in [2.05, 4.69) is 5.10 Å². The Morgan fingerprint density at radius 3 is 2.92 bits per heavy atom. The number of nitrogens with zero attached hydrogens (tertiary/aromatic N) is 2. The Balaban J connectivity index is 2.73. The minimum Gasteiger partial charge on any atom is -0.493 e. The normalized spacial score (nSPS) is 10.1. The van der Waals surface area contributed by atoms with Crippen molar-refractivity contribution < 1.29 is 9.53 Å². The molecule has 0 bridgehead atoms. The number of carbonyl (C=O) groups is 1. The average molecular weight is 182 g/mol. The molecule has 0 aromatic carbocycles. The minimum absolute atomic E-state index is 0.184. The summed E-state index contributed by atoms with van der Waals surface area (Å²) in [6, 6.07) is 0. The number of methoxy groups -OCH3 is 1. The van der Waals surface area contributed by atoms with Crippen LogP contribution in [0.3, 0.4) is 0 Å². The fourth-order valence-corrected chi connectivity index (χ4v) is 1.19. The first-order chi connectivity index (χ1) is 6.15. The highest BCUT2D eigenvalue weighted by Crippen LogP contribution is 2.17. The maximum Gasteiger partial charge on any atom is 0.159 e. The van der Waals surface area contributed by atoms with Gasteiger partial charge in [0.2, 0.25) is 0 Å². The second-order valence-electron chi connectivity index (χ2n) is 2.99. The van der Waals surface area contributed by atoms with E-state index in [-0.39, 0.29) is 5.78 Å². The molecule has 0 amide bonds. The molecule has 0 N–H and O–H groups in total. The van der Waals surface area contributed by atoms with Gasteiger partial charge in [-0.1, -0.05) is 0 Å². The maximum atomic E-state index is 10.8. The van der Waals surface area contributed by atoms with Crippen molar-refractivity contribution >= 4 is 5.78 Å². The van der Waals surface area contributed by atoms with Crippen molar-refractivity contribution in [2.45, 2.75) is 19.8 Å². The van der Waals surface area contributed by atoms with Crippen LogP contribution in [0.5, 0.6) is 5.75 Å². The van der Waals surface area contributed by atoms with Crippen LogP contribution in [0.1, 0.15) is 19.0 Å². The lowest BCUT2D eigenvalue weighted by Gasteiger charge is -2.02. The van der Waals surface area contributed by atoms with Gasteiger partial charge in [0.25, 0.3) is 0 Å². The number of ketones is 1. The van der Waals surface area contributed by atoms with E-state index in [4.69, 9.17) is 4.74 Å². The number of aromatic nitrogens is 2. The van der Waals surface area contributed by atoms with Gasteiger partial charge in [-0.05, 0) is 13.3 Å².